The number of ether oxygens (including phenoxy) is 1. The van der Waals surface area contributed by atoms with Crippen LogP contribution in [0.1, 0.15) is 22.3 Å². The minimum absolute atomic E-state index is 0.689. The molecule has 0 unspecified atom stereocenters. The third-order valence-corrected chi connectivity index (χ3v) is 3.60. The van der Waals surface area contributed by atoms with Crippen LogP contribution in [0.5, 0.6) is 5.75 Å². The van der Waals surface area contributed by atoms with E-state index in [0.29, 0.717) is 6.61 Å². The first-order valence-corrected chi connectivity index (χ1v) is 6.00. The Balaban J connectivity index is 2.27. The lowest BCUT2D eigenvalue weighted by Gasteiger charge is -2.23. The zero-order valence-corrected chi connectivity index (χ0v) is 10.5. The first-order valence-electron chi connectivity index (χ1n) is 6.00. The summed E-state index contributed by atoms with van der Waals surface area (Å²) in [5.74, 6) is 1.06. The molecule has 3 rings (SSSR count). The molecule has 1 aliphatic rings. The second kappa shape index (κ2) is 3.63. The van der Waals surface area contributed by atoms with Crippen molar-refractivity contribution in [3.8, 4) is 16.9 Å². The van der Waals surface area contributed by atoms with Gasteiger partial charge in [0.25, 0.3) is 0 Å². The van der Waals surface area contributed by atoms with Gasteiger partial charge in [-0.25, -0.2) is 0 Å². The monoisotopic (exact) mass is 224 g/mol. The highest BCUT2D eigenvalue weighted by molar-refractivity contribution is 5.77. The van der Waals surface area contributed by atoms with E-state index in [-0.39, 0.29) is 0 Å². The molecule has 0 fully saturated rings. The van der Waals surface area contributed by atoms with E-state index in [2.05, 4.69) is 51.1 Å². The van der Waals surface area contributed by atoms with Crippen molar-refractivity contribution in [1.29, 1.82) is 0 Å². The molecule has 0 spiro atoms. The van der Waals surface area contributed by atoms with Crippen LogP contribution in [-0.2, 0) is 6.61 Å². The average molecular weight is 224 g/mol. The molecule has 0 saturated heterocycles. The van der Waals surface area contributed by atoms with Crippen LogP contribution in [0.3, 0.4) is 0 Å². The summed E-state index contributed by atoms with van der Waals surface area (Å²) in [6.07, 6.45) is 0. The summed E-state index contributed by atoms with van der Waals surface area (Å²) in [6.45, 7) is 7.07. The van der Waals surface area contributed by atoms with Gasteiger partial charge < -0.3 is 4.74 Å². The summed E-state index contributed by atoms with van der Waals surface area (Å²) in [4.78, 5) is 0. The number of hydrogen-bond acceptors (Lipinski definition) is 1. The maximum atomic E-state index is 5.92. The molecule has 0 aromatic heterocycles. The Bertz CT molecular complexity index is 597. The zero-order valence-electron chi connectivity index (χ0n) is 10.5. The van der Waals surface area contributed by atoms with Crippen molar-refractivity contribution in [1.82, 2.24) is 0 Å². The van der Waals surface area contributed by atoms with Gasteiger partial charge in [-0.05, 0) is 43.0 Å². The number of fused-ring (bicyclic) bond motifs is 3. The SMILES string of the molecule is Cc1ccc2c(c1)COc1c-2ccc(C)c1C. The highest BCUT2D eigenvalue weighted by Gasteiger charge is 2.19. The Morgan fingerprint density at radius 1 is 0.941 bits per heavy atom. The predicted molar refractivity (Wildman–Crippen MR) is 70.4 cm³/mol. The molecule has 0 amide bonds. The van der Waals surface area contributed by atoms with E-state index >= 15 is 0 Å². The highest BCUT2D eigenvalue weighted by Crippen LogP contribution is 2.40. The Morgan fingerprint density at radius 3 is 2.53 bits per heavy atom. The summed E-state index contributed by atoms with van der Waals surface area (Å²) < 4.78 is 5.92. The minimum atomic E-state index is 0.689. The van der Waals surface area contributed by atoms with E-state index in [9.17, 15) is 0 Å². The first-order chi connectivity index (χ1) is 8.16. The first kappa shape index (κ1) is 10.4. The van der Waals surface area contributed by atoms with Gasteiger partial charge in [0, 0.05) is 5.56 Å². The van der Waals surface area contributed by atoms with Gasteiger partial charge in [0.05, 0.1) is 0 Å². The standard InChI is InChI=1S/C16H16O/c1-10-4-6-14-13(8-10)9-17-16-12(3)11(2)5-7-15(14)16/h4-8H,9H2,1-3H3. The summed E-state index contributed by atoms with van der Waals surface area (Å²) in [5.41, 5.74) is 7.68. The lowest BCUT2D eigenvalue weighted by Crippen LogP contribution is -2.07. The molecule has 0 radical (unpaired) electrons. The Labute approximate surface area is 102 Å². The predicted octanol–water partition coefficient (Wildman–Crippen LogP) is 4.17. The van der Waals surface area contributed by atoms with E-state index in [0.717, 1.165) is 5.75 Å². The van der Waals surface area contributed by atoms with Gasteiger partial charge in [-0.1, -0.05) is 35.9 Å². The van der Waals surface area contributed by atoms with Gasteiger partial charge in [0.2, 0.25) is 0 Å². The minimum Gasteiger partial charge on any atom is -0.488 e. The molecule has 0 atom stereocenters. The lowest BCUT2D eigenvalue weighted by atomic mass is 9.92. The fourth-order valence-electron chi connectivity index (χ4n) is 2.44. The van der Waals surface area contributed by atoms with Crippen LogP contribution in [0.2, 0.25) is 0 Å². The zero-order chi connectivity index (χ0) is 12.0. The van der Waals surface area contributed by atoms with Crippen molar-refractivity contribution in [3.63, 3.8) is 0 Å². The van der Waals surface area contributed by atoms with Gasteiger partial charge in [0.15, 0.2) is 0 Å². The summed E-state index contributed by atoms with van der Waals surface area (Å²) in [7, 11) is 0. The molecule has 2 aromatic carbocycles. The van der Waals surface area contributed by atoms with Crippen molar-refractivity contribution < 1.29 is 4.74 Å². The number of aryl methyl sites for hydroxylation is 2. The van der Waals surface area contributed by atoms with E-state index in [4.69, 9.17) is 4.74 Å². The Kier molecular flexibility index (Phi) is 2.22. The quantitative estimate of drug-likeness (QED) is 0.652. The summed E-state index contributed by atoms with van der Waals surface area (Å²) in [5, 5.41) is 0. The van der Waals surface area contributed by atoms with E-state index < -0.39 is 0 Å². The fourth-order valence-corrected chi connectivity index (χ4v) is 2.44. The van der Waals surface area contributed by atoms with Gasteiger partial charge in [-0.3, -0.25) is 0 Å². The molecule has 86 valence electrons. The summed E-state index contributed by atoms with van der Waals surface area (Å²) >= 11 is 0. The Morgan fingerprint density at radius 2 is 1.71 bits per heavy atom. The van der Waals surface area contributed by atoms with Crippen molar-refractivity contribution in [2.24, 2.45) is 0 Å². The topological polar surface area (TPSA) is 9.23 Å². The van der Waals surface area contributed by atoms with Gasteiger partial charge in [-0.2, -0.15) is 0 Å². The van der Waals surface area contributed by atoms with Gasteiger partial charge in [-0.15, -0.1) is 0 Å². The second-order valence-corrected chi connectivity index (χ2v) is 4.83. The van der Waals surface area contributed by atoms with Crippen LogP contribution >= 0.6 is 0 Å². The molecule has 0 N–H and O–H groups in total. The van der Waals surface area contributed by atoms with Crippen molar-refractivity contribution in [3.05, 3.63) is 52.6 Å². The van der Waals surface area contributed by atoms with Gasteiger partial charge in [0.1, 0.15) is 12.4 Å². The third kappa shape index (κ3) is 1.54. The molecular weight excluding hydrogens is 208 g/mol. The molecule has 1 aliphatic heterocycles. The molecule has 0 bridgehead atoms. The smallest absolute Gasteiger partial charge is 0.130 e. The van der Waals surface area contributed by atoms with E-state index in [1.807, 2.05) is 0 Å². The normalized spacial score (nSPS) is 12.6. The maximum absolute atomic E-state index is 5.92. The molecule has 0 aliphatic carbocycles. The van der Waals surface area contributed by atoms with Crippen molar-refractivity contribution in [2.45, 2.75) is 27.4 Å². The highest BCUT2D eigenvalue weighted by atomic mass is 16.5. The number of benzene rings is 2. The lowest BCUT2D eigenvalue weighted by molar-refractivity contribution is 0.300. The van der Waals surface area contributed by atoms with Crippen LogP contribution < -0.4 is 4.74 Å². The molecule has 1 nitrogen and oxygen atoms in total. The van der Waals surface area contributed by atoms with Crippen molar-refractivity contribution in [2.75, 3.05) is 0 Å². The Hall–Kier alpha value is -1.76. The van der Waals surface area contributed by atoms with Crippen molar-refractivity contribution >= 4 is 0 Å². The van der Waals surface area contributed by atoms with E-state index in [1.165, 1.54) is 33.4 Å². The maximum Gasteiger partial charge on any atom is 0.130 e. The largest absolute Gasteiger partial charge is 0.488 e. The molecule has 1 heteroatoms. The van der Waals surface area contributed by atoms with Crippen LogP contribution in [0, 0.1) is 20.8 Å². The van der Waals surface area contributed by atoms with Crippen LogP contribution in [0.25, 0.3) is 11.1 Å². The molecule has 17 heavy (non-hydrogen) atoms. The molecule has 2 aromatic rings. The average Bonchev–Trinajstić information content (AvgIpc) is 2.33. The fraction of sp³-hybridized carbons (Fsp3) is 0.250. The number of rotatable bonds is 0. The van der Waals surface area contributed by atoms with Crippen LogP contribution in [0.4, 0.5) is 0 Å². The number of hydrogen-bond donors (Lipinski definition) is 0. The summed E-state index contributed by atoms with van der Waals surface area (Å²) in [6, 6.07) is 10.9. The van der Waals surface area contributed by atoms with Gasteiger partial charge >= 0.3 is 0 Å². The molecule has 1 heterocycles. The van der Waals surface area contributed by atoms with E-state index in [1.54, 1.807) is 0 Å². The van der Waals surface area contributed by atoms with Crippen LogP contribution in [0.15, 0.2) is 30.3 Å². The third-order valence-electron chi connectivity index (χ3n) is 3.60. The second-order valence-electron chi connectivity index (χ2n) is 4.83. The van der Waals surface area contributed by atoms with Crippen LogP contribution in [-0.4, -0.2) is 0 Å². The molecular formula is C16H16O. The molecule has 0 saturated carbocycles.